The predicted molar refractivity (Wildman–Crippen MR) is 69.5 cm³/mol. The summed E-state index contributed by atoms with van der Waals surface area (Å²) in [5, 5.41) is 3.08. The Morgan fingerprint density at radius 3 is 2.85 bits per heavy atom. The quantitative estimate of drug-likeness (QED) is 0.849. The van der Waals surface area contributed by atoms with Crippen LogP contribution in [0.4, 0.5) is 4.39 Å². The van der Waals surface area contributed by atoms with E-state index < -0.39 is 11.8 Å². The van der Waals surface area contributed by atoms with Crippen molar-refractivity contribution in [2.24, 2.45) is 0 Å². The highest BCUT2D eigenvalue weighted by atomic mass is 19.1. The fraction of sp³-hybridized carbons (Fsp3) is 0.286. The maximum absolute atomic E-state index is 13.7. The van der Waals surface area contributed by atoms with Crippen LogP contribution in [0.5, 0.6) is 0 Å². The Kier molecular flexibility index (Phi) is 4.47. The molecule has 0 saturated carbocycles. The van der Waals surface area contributed by atoms with Crippen molar-refractivity contribution in [3.8, 4) is 0 Å². The number of hydrogen-bond donors (Lipinski definition) is 1. The van der Waals surface area contributed by atoms with Gasteiger partial charge in [-0.05, 0) is 24.6 Å². The zero-order valence-electron chi connectivity index (χ0n) is 11.3. The molecule has 0 radical (unpaired) electrons. The molecule has 1 aromatic heterocycles. The van der Waals surface area contributed by atoms with E-state index in [2.05, 4.69) is 15.0 Å². The molecule has 0 spiro atoms. The molecule has 6 heteroatoms. The predicted octanol–water partition coefficient (Wildman–Crippen LogP) is 2.20. The van der Waals surface area contributed by atoms with Gasteiger partial charge in [0.1, 0.15) is 11.6 Å². The molecule has 0 atom stereocenters. The Morgan fingerprint density at radius 2 is 2.25 bits per heavy atom. The molecule has 1 heterocycles. The van der Waals surface area contributed by atoms with Crippen molar-refractivity contribution in [2.75, 3.05) is 7.11 Å². The molecule has 5 nitrogen and oxygen atoms in total. The monoisotopic (exact) mass is 278 g/mol. The lowest BCUT2D eigenvalue weighted by molar-refractivity contribution is 0.0595. The number of hydrogen-bond acceptors (Lipinski definition) is 5. The van der Waals surface area contributed by atoms with Crippen LogP contribution in [-0.4, -0.2) is 18.1 Å². The number of aromatic nitrogens is 1. The summed E-state index contributed by atoms with van der Waals surface area (Å²) in [5.41, 5.74) is 0.651. The van der Waals surface area contributed by atoms with Crippen molar-refractivity contribution in [3.63, 3.8) is 0 Å². The molecule has 0 fully saturated rings. The molecule has 0 aliphatic rings. The second-order valence-electron chi connectivity index (χ2n) is 4.27. The summed E-state index contributed by atoms with van der Waals surface area (Å²) in [7, 11) is 1.22. The average molecular weight is 278 g/mol. The normalized spacial score (nSPS) is 10.6. The maximum Gasteiger partial charge on any atom is 0.340 e. The van der Waals surface area contributed by atoms with Gasteiger partial charge in [0.25, 0.3) is 0 Å². The molecule has 2 aromatic rings. The van der Waals surface area contributed by atoms with Crippen LogP contribution in [0, 0.1) is 12.7 Å². The zero-order valence-corrected chi connectivity index (χ0v) is 11.3. The first-order chi connectivity index (χ1) is 9.60. The van der Waals surface area contributed by atoms with Crippen LogP contribution in [0.25, 0.3) is 0 Å². The van der Waals surface area contributed by atoms with Crippen molar-refractivity contribution in [3.05, 3.63) is 53.0 Å². The maximum atomic E-state index is 13.7. The fourth-order valence-electron chi connectivity index (χ4n) is 1.74. The van der Waals surface area contributed by atoms with E-state index in [1.54, 1.807) is 12.3 Å². The lowest BCUT2D eigenvalue weighted by Gasteiger charge is -2.05. The van der Waals surface area contributed by atoms with Gasteiger partial charge in [0.2, 0.25) is 5.89 Å². The second-order valence-corrected chi connectivity index (χ2v) is 4.27. The number of nitrogens with one attached hydrogen (secondary N) is 1. The van der Waals surface area contributed by atoms with Crippen LogP contribution < -0.4 is 5.32 Å². The van der Waals surface area contributed by atoms with Crippen molar-refractivity contribution >= 4 is 5.97 Å². The molecule has 1 aromatic carbocycles. The molecule has 0 unspecified atom stereocenters. The molecule has 2 rings (SSSR count). The number of ether oxygens (including phenoxy) is 1. The van der Waals surface area contributed by atoms with Crippen LogP contribution in [0.1, 0.15) is 27.6 Å². The van der Waals surface area contributed by atoms with Gasteiger partial charge in [-0.3, -0.25) is 0 Å². The first-order valence-electron chi connectivity index (χ1n) is 6.09. The van der Waals surface area contributed by atoms with Crippen LogP contribution in [0.15, 0.2) is 28.8 Å². The molecular weight excluding hydrogens is 263 g/mol. The van der Waals surface area contributed by atoms with Crippen molar-refractivity contribution in [1.82, 2.24) is 10.3 Å². The summed E-state index contributed by atoms with van der Waals surface area (Å²) in [4.78, 5) is 15.3. The van der Waals surface area contributed by atoms with E-state index in [-0.39, 0.29) is 5.56 Å². The Labute approximate surface area is 115 Å². The fourth-order valence-corrected chi connectivity index (χ4v) is 1.74. The highest BCUT2D eigenvalue weighted by molar-refractivity contribution is 5.89. The van der Waals surface area contributed by atoms with Crippen LogP contribution in [0.2, 0.25) is 0 Å². The van der Waals surface area contributed by atoms with Crippen LogP contribution in [0.3, 0.4) is 0 Å². The van der Waals surface area contributed by atoms with Gasteiger partial charge in [0, 0.05) is 6.54 Å². The number of aryl methyl sites for hydroxylation is 1. The molecule has 1 N–H and O–H groups in total. The summed E-state index contributed by atoms with van der Waals surface area (Å²) in [6.45, 7) is 2.71. The van der Waals surface area contributed by atoms with Gasteiger partial charge in [-0.15, -0.1) is 0 Å². The smallest absolute Gasteiger partial charge is 0.340 e. The van der Waals surface area contributed by atoms with Gasteiger partial charge >= 0.3 is 5.97 Å². The third kappa shape index (κ3) is 3.42. The topological polar surface area (TPSA) is 64.4 Å². The number of methoxy groups -OCH3 is 1. The van der Waals surface area contributed by atoms with E-state index in [4.69, 9.17) is 4.42 Å². The van der Waals surface area contributed by atoms with Gasteiger partial charge in [-0.25, -0.2) is 14.2 Å². The molecule has 0 saturated heterocycles. The minimum Gasteiger partial charge on any atom is -0.465 e. The number of nitrogens with zero attached hydrogens (tertiary/aromatic N) is 1. The second kappa shape index (κ2) is 6.29. The highest BCUT2D eigenvalue weighted by Gasteiger charge is 2.12. The van der Waals surface area contributed by atoms with Gasteiger partial charge < -0.3 is 14.5 Å². The Morgan fingerprint density at radius 1 is 1.45 bits per heavy atom. The third-order valence-electron chi connectivity index (χ3n) is 2.71. The van der Waals surface area contributed by atoms with Crippen molar-refractivity contribution in [1.29, 1.82) is 0 Å². The summed E-state index contributed by atoms with van der Waals surface area (Å²) < 4.78 is 23.5. The molecule has 0 aliphatic heterocycles. The van der Waals surface area contributed by atoms with Gasteiger partial charge in [-0.2, -0.15) is 0 Å². The minimum atomic E-state index is -0.683. The SMILES string of the molecule is COC(=O)c1ccc(CNCc2ncc(C)o2)cc1F. The molecule has 20 heavy (non-hydrogen) atoms. The largest absolute Gasteiger partial charge is 0.465 e. The third-order valence-corrected chi connectivity index (χ3v) is 2.71. The van der Waals surface area contributed by atoms with E-state index >= 15 is 0 Å². The number of rotatable bonds is 5. The molecule has 0 amide bonds. The van der Waals surface area contributed by atoms with Gasteiger partial charge in [0.05, 0.1) is 25.4 Å². The number of esters is 1. The zero-order chi connectivity index (χ0) is 14.5. The molecule has 0 bridgehead atoms. The standard InChI is InChI=1S/C14H15FN2O3/c1-9-6-17-13(20-9)8-16-7-10-3-4-11(12(15)5-10)14(18)19-2/h3-6,16H,7-8H2,1-2H3. The van der Waals surface area contributed by atoms with Gasteiger partial charge in [-0.1, -0.05) is 6.07 Å². The minimum absolute atomic E-state index is 0.0698. The Hall–Kier alpha value is -2.21. The Balaban J connectivity index is 1.93. The van der Waals surface area contributed by atoms with Crippen molar-refractivity contribution < 1.29 is 18.3 Å². The average Bonchev–Trinajstić information content (AvgIpc) is 2.84. The Bertz CT molecular complexity index is 610. The molecule has 0 aliphatic carbocycles. The van der Waals surface area contributed by atoms with Crippen LogP contribution in [-0.2, 0) is 17.8 Å². The lowest BCUT2D eigenvalue weighted by Crippen LogP contribution is -2.13. The van der Waals surface area contributed by atoms with Crippen LogP contribution >= 0.6 is 0 Å². The summed E-state index contributed by atoms with van der Waals surface area (Å²) in [6, 6.07) is 4.39. The number of oxazole rings is 1. The first-order valence-corrected chi connectivity index (χ1v) is 6.09. The highest BCUT2D eigenvalue weighted by Crippen LogP contribution is 2.12. The first kappa shape index (κ1) is 14.2. The van der Waals surface area contributed by atoms with E-state index in [9.17, 15) is 9.18 Å². The van der Waals surface area contributed by atoms with E-state index in [1.807, 2.05) is 6.92 Å². The number of halogens is 1. The number of carbonyl (C=O) groups is 1. The summed E-state index contributed by atoms with van der Waals surface area (Å²) >= 11 is 0. The summed E-state index contributed by atoms with van der Waals surface area (Å²) in [6.07, 6.45) is 1.64. The van der Waals surface area contributed by atoms with E-state index in [0.717, 1.165) is 11.3 Å². The summed E-state index contributed by atoms with van der Waals surface area (Å²) in [5.74, 6) is 0.0461. The molecular formula is C14H15FN2O3. The van der Waals surface area contributed by atoms with E-state index in [1.165, 1.54) is 19.2 Å². The molecule has 106 valence electrons. The van der Waals surface area contributed by atoms with Crippen molar-refractivity contribution in [2.45, 2.75) is 20.0 Å². The lowest BCUT2D eigenvalue weighted by atomic mass is 10.1. The van der Waals surface area contributed by atoms with Gasteiger partial charge in [0.15, 0.2) is 0 Å². The van der Waals surface area contributed by atoms with E-state index in [0.29, 0.717) is 19.0 Å². The number of benzene rings is 1. The number of carbonyl (C=O) groups excluding carboxylic acids is 1.